The lowest BCUT2D eigenvalue weighted by atomic mass is 10.1. The first-order chi connectivity index (χ1) is 8.15. The Morgan fingerprint density at radius 2 is 2.29 bits per heavy atom. The molecule has 0 aliphatic heterocycles. The molecule has 5 heteroatoms. The van der Waals surface area contributed by atoms with Crippen LogP contribution in [0.2, 0.25) is 0 Å². The van der Waals surface area contributed by atoms with Crippen LogP contribution in [0.4, 0.5) is 4.39 Å². The number of benzene rings is 1. The first kappa shape index (κ1) is 12.0. The lowest BCUT2D eigenvalue weighted by molar-refractivity contribution is 0.112. The van der Waals surface area contributed by atoms with Crippen molar-refractivity contribution in [1.82, 2.24) is 9.78 Å². The van der Waals surface area contributed by atoms with E-state index in [1.165, 1.54) is 6.07 Å². The second-order valence-corrected chi connectivity index (χ2v) is 4.39. The minimum atomic E-state index is -0.337. The molecule has 0 unspecified atom stereocenters. The maximum absolute atomic E-state index is 13.1. The molecule has 1 aromatic heterocycles. The van der Waals surface area contributed by atoms with Gasteiger partial charge in [0.2, 0.25) is 0 Å². The molecule has 0 saturated heterocycles. The van der Waals surface area contributed by atoms with Gasteiger partial charge in [0, 0.05) is 18.3 Å². The molecule has 1 aromatic carbocycles. The summed E-state index contributed by atoms with van der Waals surface area (Å²) in [4.78, 5) is 10.9. The van der Waals surface area contributed by atoms with Gasteiger partial charge in [0.25, 0.3) is 0 Å². The molecule has 1 heterocycles. The van der Waals surface area contributed by atoms with Gasteiger partial charge in [-0.15, -0.1) is 0 Å². The van der Waals surface area contributed by atoms with E-state index in [4.69, 9.17) is 0 Å². The zero-order valence-corrected chi connectivity index (χ0v) is 10.7. The number of rotatable bonds is 3. The van der Waals surface area contributed by atoms with Crippen LogP contribution in [-0.2, 0) is 6.54 Å². The topological polar surface area (TPSA) is 34.9 Å². The molecule has 0 fully saturated rings. The summed E-state index contributed by atoms with van der Waals surface area (Å²) in [5.74, 6) is -0.337. The lowest BCUT2D eigenvalue weighted by Crippen LogP contribution is -1.94. The number of halogens is 2. The van der Waals surface area contributed by atoms with Crippen molar-refractivity contribution in [2.24, 2.45) is 0 Å². The van der Waals surface area contributed by atoms with E-state index in [1.54, 1.807) is 23.0 Å². The van der Waals surface area contributed by atoms with Crippen molar-refractivity contribution in [2.75, 3.05) is 0 Å². The molecule has 0 saturated carbocycles. The zero-order chi connectivity index (χ0) is 12.4. The molecule has 2 rings (SSSR count). The van der Waals surface area contributed by atoms with Crippen LogP contribution < -0.4 is 0 Å². The molecule has 88 valence electrons. The normalized spacial score (nSPS) is 10.5. The summed E-state index contributed by atoms with van der Waals surface area (Å²) in [6, 6.07) is 4.57. The van der Waals surface area contributed by atoms with E-state index in [1.807, 2.05) is 6.92 Å². The van der Waals surface area contributed by atoms with E-state index in [0.717, 1.165) is 6.29 Å². The SMILES string of the molecule is CCn1cc(C=O)c(-c2ccc(F)c(Br)c2)n1. The van der Waals surface area contributed by atoms with Gasteiger partial charge in [-0.1, -0.05) is 0 Å². The quantitative estimate of drug-likeness (QED) is 0.815. The first-order valence-corrected chi connectivity index (χ1v) is 5.93. The zero-order valence-electron chi connectivity index (χ0n) is 9.15. The Balaban J connectivity index is 2.54. The maximum Gasteiger partial charge on any atom is 0.153 e. The van der Waals surface area contributed by atoms with Crippen molar-refractivity contribution in [3.8, 4) is 11.3 Å². The van der Waals surface area contributed by atoms with Gasteiger partial charge >= 0.3 is 0 Å². The Labute approximate surface area is 106 Å². The van der Waals surface area contributed by atoms with E-state index >= 15 is 0 Å². The van der Waals surface area contributed by atoms with Crippen molar-refractivity contribution in [3.05, 3.63) is 40.2 Å². The van der Waals surface area contributed by atoms with E-state index < -0.39 is 0 Å². The Morgan fingerprint density at radius 3 is 2.88 bits per heavy atom. The van der Waals surface area contributed by atoms with Crippen molar-refractivity contribution in [2.45, 2.75) is 13.5 Å². The highest BCUT2D eigenvalue weighted by atomic mass is 79.9. The van der Waals surface area contributed by atoms with Crippen LogP contribution in [-0.4, -0.2) is 16.1 Å². The largest absolute Gasteiger partial charge is 0.298 e. The second kappa shape index (κ2) is 4.79. The molecule has 0 amide bonds. The minimum absolute atomic E-state index is 0.337. The summed E-state index contributed by atoms with van der Waals surface area (Å²) in [5, 5.41) is 4.28. The average molecular weight is 297 g/mol. The molecular weight excluding hydrogens is 287 g/mol. The van der Waals surface area contributed by atoms with E-state index in [2.05, 4.69) is 21.0 Å². The number of hydrogen-bond acceptors (Lipinski definition) is 2. The molecule has 3 nitrogen and oxygen atoms in total. The fraction of sp³-hybridized carbons (Fsp3) is 0.167. The number of carbonyl (C=O) groups is 1. The summed E-state index contributed by atoms with van der Waals surface area (Å²) in [6.07, 6.45) is 2.44. The van der Waals surface area contributed by atoms with E-state index in [0.29, 0.717) is 27.8 Å². The highest BCUT2D eigenvalue weighted by Crippen LogP contribution is 2.26. The Kier molecular flexibility index (Phi) is 3.38. The maximum atomic E-state index is 13.1. The minimum Gasteiger partial charge on any atom is -0.298 e. The van der Waals surface area contributed by atoms with Gasteiger partial charge in [-0.2, -0.15) is 5.10 Å². The predicted molar refractivity (Wildman–Crippen MR) is 66.4 cm³/mol. The number of aromatic nitrogens is 2. The van der Waals surface area contributed by atoms with Gasteiger partial charge in [-0.3, -0.25) is 9.48 Å². The molecule has 0 N–H and O–H groups in total. The van der Waals surface area contributed by atoms with Crippen molar-refractivity contribution in [1.29, 1.82) is 0 Å². The fourth-order valence-corrected chi connectivity index (χ4v) is 1.93. The molecule has 0 spiro atoms. The molecule has 17 heavy (non-hydrogen) atoms. The van der Waals surface area contributed by atoms with Crippen LogP contribution in [0.25, 0.3) is 11.3 Å². The smallest absolute Gasteiger partial charge is 0.153 e. The third kappa shape index (κ3) is 2.29. The molecule has 0 radical (unpaired) electrons. The number of aldehydes is 1. The summed E-state index contributed by atoms with van der Waals surface area (Å²) in [7, 11) is 0. The fourth-order valence-electron chi connectivity index (χ4n) is 1.55. The number of hydrogen-bond donors (Lipinski definition) is 0. The summed E-state index contributed by atoms with van der Waals surface area (Å²) in [6.45, 7) is 2.62. The lowest BCUT2D eigenvalue weighted by Gasteiger charge is -2.00. The first-order valence-electron chi connectivity index (χ1n) is 5.13. The van der Waals surface area contributed by atoms with Crippen LogP contribution >= 0.6 is 15.9 Å². The second-order valence-electron chi connectivity index (χ2n) is 3.54. The van der Waals surface area contributed by atoms with Crippen LogP contribution in [0, 0.1) is 5.82 Å². The third-order valence-electron chi connectivity index (χ3n) is 2.43. The Morgan fingerprint density at radius 1 is 1.53 bits per heavy atom. The van der Waals surface area contributed by atoms with Crippen molar-refractivity contribution >= 4 is 22.2 Å². The van der Waals surface area contributed by atoms with E-state index in [9.17, 15) is 9.18 Å². The average Bonchev–Trinajstić information content (AvgIpc) is 2.76. The van der Waals surface area contributed by atoms with Crippen molar-refractivity contribution < 1.29 is 9.18 Å². The highest BCUT2D eigenvalue weighted by Gasteiger charge is 2.11. The van der Waals surface area contributed by atoms with Gasteiger partial charge in [0.1, 0.15) is 11.5 Å². The van der Waals surface area contributed by atoms with Gasteiger partial charge in [-0.25, -0.2) is 4.39 Å². The molecule has 2 aromatic rings. The molecular formula is C12H10BrFN2O. The van der Waals surface area contributed by atoms with Gasteiger partial charge < -0.3 is 0 Å². The van der Waals surface area contributed by atoms with Crippen LogP contribution in [0.5, 0.6) is 0 Å². The van der Waals surface area contributed by atoms with Crippen LogP contribution in [0.3, 0.4) is 0 Å². The number of nitrogens with zero attached hydrogens (tertiary/aromatic N) is 2. The number of carbonyl (C=O) groups excluding carboxylic acids is 1. The van der Waals surface area contributed by atoms with Gasteiger partial charge in [-0.05, 0) is 41.1 Å². The molecule has 0 aliphatic rings. The van der Waals surface area contributed by atoms with Crippen LogP contribution in [0.1, 0.15) is 17.3 Å². The number of aryl methyl sites for hydroxylation is 1. The monoisotopic (exact) mass is 296 g/mol. The predicted octanol–water partition coefficient (Wildman–Crippen LogP) is 3.28. The Bertz CT molecular complexity index is 566. The third-order valence-corrected chi connectivity index (χ3v) is 3.04. The molecule has 0 aliphatic carbocycles. The van der Waals surface area contributed by atoms with Gasteiger partial charge in [0.05, 0.1) is 10.0 Å². The molecule has 0 bridgehead atoms. The highest BCUT2D eigenvalue weighted by molar-refractivity contribution is 9.10. The van der Waals surface area contributed by atoms with Crippen LogP contribution in [0.15, 0.2) is 28.9 Å². The molecule has 0 atom stereocenters. The summed E-state index contributed by atoms with van der Waals surface area (Å²) in [5.41, 5.74) is 1.79. The Hall–Kier alpha value is -1.49. The summed E-state index contributed by atoms with van der Waals surface area (Å²) < 4.78 is 15.2. The van der Waals surface area contributed by atoms with Gasteiger partial charge in [0.15, 0.2) is 6.29 Å². The van der Waals surface area contributed by atoms with Crippen molar-refractivity contribution in [3.63, 3.8) is 0 Å². The summed E-state index contributed by atoms with van der Waals surface area (Å²) >= 11 is 3.12. The van der Waals surface area contributed by atoms with E-state index in [-0.39, 0.29) is 5.82 Å². The standard InChI is InChI=1S/C12H10BrFN2O/c1-2-16-6-9(7-17)12(15-16)8-3-4-11(14)10(13)5-8/h3-7H,2H2,1H3.